The van der Waals surface area contributed by atoms with Gasteiger partial charge in [-0.2, -0.15) is 5.10 Å². The van der Waals surface area contributed by atoms with Crippen molar-refractivity contribution in [3.05, 3.63) is 47.1 Å². The number of amides is 1. The number of carbonyl (C=O) groups excluding carboxylic acids is 2. The molecule has 0 aliphatic heterocycles. The van der Waals surface area contributed by atoms with E-state index in [1.807, 2.05) is 22.8 Å². The molecule has 8 nitrogen and oxygen atoms in total. The lowest BCUT2D eigenvalue weighted by molar-refractivity contribution is -0.140. The molecular formula is C20H18ClN5O3. The minimum absolute atomic E-state index is 0.177. The van der Waals surface area contributed by atoms with Gasteiger partial charge in [-0.05, 0) is 18.2 Å². The molecule has 2 heterocycles. The van der Waals surface area contributed by atoms with Gasteiger partial charge in [0.25, 0.3) is 5.91 Å². The topological polar surface area (TPSA) is 102 Å². The molecule has 2 N–H and O–H groups in total. The van der Waals surface area contributed by atoms with E-state index in [9.17, 15) is 9.59 Å². The standard InChI is InChI=1S/C20H18ClN5O3/c1-22-20(28)13-8-16-17(9-14(13)21)26(6-5-18(27)29-2)19(24-16)11-3-4-12-10-23-25-15(12)7-11/h3-4,7-10H,5-6H2,1-2H3,(H,22,28)(H,23,25). The summed E-state index contributed by atoms with van der Waals surface area (Å²) in [7, 11) is 2.90. The van der Waals surface area contributed by atoms with E-state index in [-0.39, 0.29) is 18.3 Å². The van der Waals surface area contributed by atoms with Crippen LogP contribution < -0.4 is 5.32 Å². The number of aromatic amines is 1. The zero-order valence-corrected chi connectivity index (χ0v) is 16.6. The lowest BCUT2D eigenvalue weighted by Gasteiger charge is -2.10. The Morgan fingerprint density at radius 1 is 1.28 bits per heavy atom. The van der Waals surface area contributed by atoms with Crippen LogP contribution >= 0.6 is 11.6 Å². The van der Waals surface area contributed by atoms with Crippen molar-refractivity contribution in [3.63, 3.8) is 0 Å². The minimum atomic E-state index is -0.324. The fourth-order valence-electron chi connectivity index (χ4n) is 3.28. The van der Waals surface area contributed by atoms with Gasteiger partial charge in [0.05, 0.1) is 46.9 Å². The molecule has 148 valence electrons. The summed E-state index contributed by atoms with van der Waals surface area (Å²) in [6.07, 6.45) is 1.92. The van der Waals surface area contributed by atoms with Crippen LogP contribution in [0.1, 0.15) is 16.8 Å². The van der Waals surface area contributed by atoms with E-state index < -0.39 is 0 Å². The highest BCUT2D eigenvalue weighted by molar-refractivity contribution is 6.34. The molecule has 0 unspecified atom stereocenters. The number of hydrogen-bond acceptors (Lipinski definition) is 5. The third-order valence-electron chi connectivity index (χ3n) is 4.78. The van der Waals surface area contributed by atoms with Gasteiger partial charge in [-0.25, -0.2) is 4.98 Å². The van der Waals surface area contributed by atoms with Crippen LogP contribution in [-0.4, -0.2) is 45.8 Å². The summed E-state index contributed by atoms with van der Waals surface area (Å²) in [5.41, 5.74) is 3.40. The zero-order chi connectivity index (χ0) is 20.5. The highest BCUT2D eigenvalue weighted by atomic mass is 35.5. The monoisotopic (exact) mass is 411 g/mol. The zero-order valence-electron chi connectivity index (χ0n) is 15.8. The van der Waals surface area contributed by atoms with E-state index >= 15 is 0 Å². The number of benzene rings is 2. The van der Waals surface area contributed by atoms with Crippen LogP contribution in [0.2, 0.25) is 5.02 Å². The molecule has 0 bridgehead atoms. The third kappa shape index (κ3) is 3.42. The number of carbonyl (C=O) groups is 2. The highest BCUT2D eigenvalue weighted by Gasteiger charge is 2.18. The number of fused-ring (bicyclic) bond motifs is 2. The Bertz CT molecular complexity index is 1240. The molecule has 2 aromatic heterocycles. The Morgan fingerprint density at radius 2 is 2.10 bits per heavy atom. The number of methoxy groups -OCH3 is 1. The largest absolute Gasteiger partial charge is 0.469 e. The van der Waals surface area contributed by atoms with Crippen LogP contribution in [0.4, 0.5) is 0 Å². The van der Waals surface area contributed by atoms with E-state index in [0.717, 1.165) is 22.0 Å². The summed E-state index contributed by atoms with van der Waals surface area (Å²) in [5, 5.41) is 10.9. The average molecular weight is 412 g/mol. The van der Waals surface area contributed by atoms with Gasteiger partial charge in [0, 0.05) is 24.5 Å². The fraction of sp³-hybridized carbons (Fsp3) is 0.200. The Kier molecular flexibility index (Phi) is 4.94. The first-order valence-corrected chi connectivity index (χ1v) is 9.31. The van der Waals surface area contributed by atoms with Crippen molar-refractivity contribution in [1.29, 1.82) is 0 Å². The molecule has 0 radical (unpaired) electrons. The number of nitrogens with one attached hydrogen (secondary N) is 2. The number of H-pyrrole nitrogens is 1. The number of imidazole rings is 1. The van der Waals surface area contributed by atoms with Crippen molar-refractivity contribution in [2.24, 2.45) is 0 Å². The maximum absolute atomic E-state index is 12.1. The number of aryl methyl sites for hydroxylation is 1. The van der Waals surface area contributed by atoms with E-state index in [2.05, 4.69) is 15.5 Å². The van der Waals surface area contributed by atoms with Gasteiger partial charge in [0.1, 0.15) is 5.82 Å². The summed E-state index contributed by atoms with van der Waals surface area (Å²) >= 11 is 6.35. The van der Waals surface area contributed by atoms with Crippen molar-refractivity contribution in [1.82, 2.24) is 25.1 Å². The van der Waals surface area contributed by atoms with Crippen LogP contribution in [-0.2, 0) is 16.1 Å². The predicted molar refractivity (Wildman–Crippen MR) is 110 cm³/mol. The molecule has 29 heavy (non-hydrogen) atoms. The fourth-order valence-corrected chi connectivity index (χ4v) is 3.53. The van der Waals surface area contributed by atoms with Gasteiger partial charge in [-0.15, -0.1) is 0 Å². The lowest BCUT2D eigenvalue weighted by Crippen LogP contribution is -2.18. The van der Waals surface area contributed by atoms with E-state index in [0.29, 0.717) is 28.5 Å². The number of rotatable bonds is 5. The van der Waals surface area contributed by atoms with Gasteiger partial charge in [-0.3, -0.25) is 14.7 Å². The van der Waals surface area contributed by atoms with Gasteiger partial charge in [-0.1, -0.05) is 23.7 Å². The predicted octanol–water partition coefficient (Wildman–Crippen LogP) is 3.16. The molecule has 0 fully saturated rings. The normalized spacial score (nSPS) is 11.1. The summed E-state index contributed by atoms with van der Waals surface area (Å²) in [6.45, 7) is 0.356. The molecule has 4 rings (SSSR count). The molecule has 0 aliphatic carbocycles. The van der Waals surface area contributed by atoms with E-state index in [1.165, 1.54) is 7.11 Å². The maximum Gasteiger partial charge on any atom is 0.307 e. The number of ether oxygens (including phenoxy) is 1. The third-order valence-corrected chi connectivity index (χ3v) is 5.09. The minimum Gasteiger partial charge on any atom is -0.469 e. The molecule has 0 saturated heterocycles. The van der Waals surface area contributed by atoms with Crippen molar-refractivity contribution in [2.45, 2.75) is 13.0 Å². The summed E-state index contributed by atoms with van der Waals surface area (Å²) in [5.74, 6) is 0.0434. The first-order valence-electron chi connectivity index (χ1n) is 8.94. The van der Waals surface area contributed by atoms with Crippen molar-refractivity contribution < 1.29 is 14.3 Å². The molecule has 0 saturated carbocycles. The molecule has 4 aromatic rings. The van der Waals surface area contributed by atoms with Crippen LogP contribution in [0.5, 0.6) is 0 Å². The van der Waals surface area contributed by atoms with Gasteiger partial charge >= 0.3 is 5.97 Å². The molecular weight excluding hydrogens is 394 g/mol. The first kappa shape index (κ1) is 18.9. The number of hydrogen-bond donors (Lipinski definition) is 2. The molecule has 0 atom stereocenters. The first-order chi connectivity index (χ1) is 14.0. The second-order valence-electron chi connectivity index (χ2n) is 6.49. The van der Waals surface area contributed by atoms with Gasteiger partial charge in [0.15, 0.2) is 0 Å². The van der Waals surface area contributed by atoms with Crippen LogP contribution in [0.3, 0.4) is 0 Å². The number of aromatic nitrogens is 4. The molecule has 2 aromatic carbocycles. The van der Waals surface area contributed by atoms with Crippen LogP contribution in [0, 0.1) is 0 Å². The summed E-state index contributed by atoms with van der Waals surface area (Å²) in [4.78, 5) is 28.6. The van der Waals surface area contributed by atoms with E-state index in [1.54, 1.807) is 25.4 Å². The average Bonchev–Trinajstić information content (AvgIpc) is 3.34. The number of nitrogens with zero attached hydrogens (tertiary/aromatic N) is 3. The maximum atomic E-state index is 12.1. The second kappa shape index (κ2) is 7.56. The molecule has 1 amide bonds. The van der Waals surface area contributed by atoms with Gasteiger partial charge in [0.2, 0.25) is 0 Å². The summed E-state index contributed by atoms with van der Waals surface area (Å²) < 4.78 is 6.68. The second-order valence-corrected chi connectivity index (χ2v) is 6.89. The Labute approximate surface area is 170 Å². The Morgan fingerprint density at radius 3 is 2.86 bits per heavy atom. The smallest absolute Gasteiger partial charge is 0.307 e. The van der Waals surface area contributed by atoms with Crippen LogP contribution in [0.25, 0.3) is 33.3 Å². The highest BCUT2D eigenvalue weighted by Crippen LogP contribution is 2.30. The number of esters is 1. The molecule has 9 heteroatoms. The van der Waals surface area contributed by atoms with Crippen molar-refractivity contribution in [2.75, 3.05) is 14.2 Å². The quantitative estimate of drug-likeness (QED) is 0.491. The number of halogens is 1. The lowest BCUT2D eigenvalue weighted by atomic mass is 10.1. The molecule has 0 spiro atoms. The molecule has 0 aliphatic rings. The Hall–Kier alpha value is -3.39. The Balaban J connectivity index is 1.90. The SMILES string of the molecule is CNC(=O)c1cc2nc(-c3ccc4cn[nH]c4c3)n(CCC(=O)OC)c2cc1Cl. The van der Waals surface area contributed by atoms with E-state index in [4.69, 9.17) is 21.3 Å². The van der Waals surface area contributed by atoms with Crippen LogP contribution in [0.15, 0.2) is 36.5 Å². The summed E-state index contributed by atoms with van der Waals surface area (Å²) in [6, 6.07) is 9.18. The van der Waals surface area contributed by atoms with Crippen molar-refractivity contribution in [3.8, 4) is 11.4 Å². The van der Waals surface area contributed by atoms with Gasteiger partial charge < -0.3 is 14.6 Å². The van der Waals surface area contributed by atoms with Crippen molar-refractivity contribution >= 4 is 45.4 Å².